The predicted molar refractivity (Wildman–Crippen MR) is 70.3 cm³/mol. The standard InChI is InChI=1S/C14H29N/c1-5-9-14(15-12-6-2)11-8-10-13(4)7-3/h14-15H,4-12H2,1-3H3. The molecule has 1 unspecified atom stereocenters. The molecule has 0 saturated heterocycles. The van der Waals surface area contributed by atoms with Crippen LogP contribution in [0.1, 0.15) is 65.7 Å². The Balaban J connectivity index is 3.60. The highest BCUT2D eigenvalue weighted by atomic mass is 14.9. The van der Waals surface area contributed by atoms with E-state index < -0.39 is 0 Å². The normalized spacial score (nSPS) is 12.7. The molecule has 0 aliphatic heterocycles. The van der Waals surface area contributed by atoms with Gasteiger partial charge in [0.2, 0.25) is 0 Å². The zero-order chi connectivity index (χ0) is 11.5. The molecule has 90 valence electrons. The van der Waals surface area contributed by atoms with Crippen LogP contribution in [0.2, 0.25) is 0 Å². The van der Waals surface area contributed by atoms with Crippen molar-refractivity contribution < 1.29 is 0 Å². The number of hydrogen-bond donors (Lipinski definition) is 1. The Morgan fingerprint density at radius 1 is 1.13 bits per heavy atom. The summed E-state index contributed by atoms with van der Waals surface area (Å²) in [6.45, 7) is 11.9. The lowest BCUT2D eigenvalue weighted by Crippen LogP contribution is -2.29. The average Bonchev–Trinajstić information content (AvgIpc) is 2.25. The molecule has 1 heteroatoms. The Morgan fingerprint density at radius 3 is 2.40 bits per heavy atom. The molecule has 1 N–H and O–H groups in total. The zero-order valence-electron chi connectivity index (χ0n) is 10.9. The van der Waals surface area contributed by atoms with Crippen molar-refractivity contribution in [1.29, 1.82) is 0 Å². The molecule has 0 spiro atoms. The highest BCUT2D eigenvalue weighted by Gasteiger charge is 2.05. The van der Waals surface area contributed by atoms with Crippen LogP contribution in [0.3, 0.4) is 0 Å². The van der Waals surface area contributed by atoms with E-state index in [0.717, 1.165) is 12.5 Å². The monoisotopic (exact) mass is 211 g/mol. The largest absolute Gasteiger partial charge is 0.314 e. The maximum atomic E-state index is 4.06. The first-order valence-electron chi connectivity index (χ1n) is 6.64. The van der Waals surface area contributed by atoms with Crippen molar-refractivity contribution in [3.8, 4) is 0 Å². The predicted octanol–water partition coefficient (Wildman–Crippen LogP) is 4.29. The molecule has 0 rings (SSSR count). The van der Waals surface area contributed by atoms with Crippen LogP contribution in [0, 0.1) is 0 Å². The molecular weight excluding hydrogens is 182 g/mol. The molecule has 0 fully saturated rings. The fourth-order valence-corrected chi connectivity index (χ4v) is 1.82. The third kappa shape index (κ3) is 8.68. The van der Waals surface area contributed by atoms with E-state index in [1.807, 2.05) is 0 Å². The first-order chi connectivity index (χ1) is 7.24. The van der Waals surface area contributed by atoms with E-state index in [1.165, 1.54) is 50.6 Å². The van der Waals surface area contributed by atoms with Crippen molar-refractivity contribution in [1.82, 2.24) is 5.32 Å². The second-order valence-electron chi connectivity index (χ2n) is 4.44. The van der Waals surface area contributed by atoms with Crippen LogP contribution in [0.15, 0.2) is 12.2 Å². The van der Waals surface area contributed by atoms with Gasteiger partial charge >= 0.3 is 0 Å². The molecule has 0 aromatic heterocycles. The van der Waals surface area contributed by atoms with Crippen molar-refractivity contribution in [2.45, 2.75) is 71.8 Å². The quantitative estimate of drug-likeness (QED) is 0.531. The fourth-order valence-electron chi connectivity index (χ4n) is 1.82. The van der Waals surface area contributed by atoms with Crippen LogP contribution >= 0.6 is 0 Å². The number of allylic oxidation sites excluding steroid dienone is 1. The summed E-state index contributed by atoms with van der Waals surface area (Å²) in [7, 11) is 0. The molecule has 0 aliphatic rings. The van der Waals surface area contributed by atoms with Crippen LogP contribution < -0.4 is 5.32 Å². The van der Waals surface area contributed by atoms with E-state index in [0.29, 0.717) is 0 Å². The second kappa shape index (κ2) is 10.2. The second-order valence-corrected chi connectivity index (χ2v) is 4.44. The van der Waals surface area contributed by atoms with Crippen molar-refractivity contribution >= 4 is 0 Å². The van der Waals surface area contributed by atoms with Gasteiger partial charge < -0.3 is 5.32 Å². The first-order valence-corrected chi connectivity index (χ1v) is 6.64. The summed E-state index contributed by atoms with van der Waals surface area (Å²) in [5.74, 6) is 0. The van der Waals surface area contributed by atoms with Crippen LogP contribution in [-0.4, -0.2) is 12.6 Å². The zero-order valence-corrected chi connectivity index (χ0v) is 10.9. The van der Waals surface area contributed by atoms with Gasteiger partial charge in [-0.2, -0.15) is 0 Å². The van der Waals surface area contributed by atoms with Gasteiger partial charge in [0, 0.05) is 6.04 Å². The summed E-state index contributed by atoms with van der Waals surface area (Å²) in [4.78, 5) is 0. The van der Waals surface area contributed by atoms with Gasteiger partial charge in [-0.3, -0.25) is 0 Å². The maximum absolute atomic E-state index is 4.06. The summed E-state index contributed by atoms with van der Waals surface area (Å²) in [6.07, 6.45) is 8.81. The van der Waals surface area contributed by atoms with Gasteiger partial charge in [-0.15, -0.1) is 0 Å². The van der Waals surface area contributed by atoms with Crippen LogP contribution in [0.25, 0.3) is 0 Å². The Kier molecular flexibility index (Phi) is 10.0. The molecule has 0 bridgehead atoms. The van der Waals surface area contributed by atoms with Gasteiger partial charge in [0.15, 0.2) is 0 Å². The van der Waals surface area contributed by atoms with E-state index in [9.17, 15) is 0 Å². The summed E-state index contributed by atoms with van der Waals surface area (Å²) in [5.41, 5.74) is 1.40. The van der Waals surface area contributed by atoms with Crippen molar-refractivity contribution in [3.05, 3.63) is 12.2 Å². The van der Waals surface area contributed by atoms with Gasteiger partial charge in [-0.05, 0) is 45.1 Å². The maximum Gasteiger partial charge on any atom is 0.00670 e. The molecule has 1 nitrogen and oxygen atoms in total. The van der Waals surface area contributed by atoms with E-state index in [4.69, 9.17) is 0 Å². The highest BCUT2D eigenvalue weighted by molar-refractivity contribution is 4.92. The summed E-state index contributed by atoms with van der Waals surface area (Å²) < 4.78 is 0. The average molecular weight is 211 g/mol. The summed E-state index contributed by atoms with van der Waals surface area (Å²) >= 11 is 0. The molecule has 0 aliphatic carbocycles. The fraction of sp³-hybridized carbons (Fsp3) is 0.857. The summed E-state index contributed by atoms with van der Waals surface area (Å²) in [6, 6.07) is 0.736. The van der Waals surface area contributed by atoms with Gasteiger partial charge in [0.05, 0.1) is 0 Å². The Hall–Kier alpha value is -0.300. The Labute approximate surface area is 96.3 Å². The smallest absolute Gasteiger partial charge is 0.00670 e. The molecule has 0 amide bonds. The number of hydrogen-bond acceptors (Lipinski definition) is 1. The first kappa shape index (κ1) is 14.7. The SMILES string of the molecule is C=C(CC)CCCC(CCC)NCCC. The minimum absolute atomic E-state index is 0.736. The van der Waals surface area contributed by atoms with Crippen LogP contribution in [0.5, 0.6) is 0 Å². The van der Waals surface area contributed by atoms with Crippen LogP contribution in [-0.2, 0) is 0 Å². The third-order valence-electron chi connectivity index (χ3n) is 2.90. The lowest BCUT2D eigenvalue weighted by molar-refractivity contribution is 0.437. The minimum Gasteiger partial charge on any atom is -0.314 e. The van der Waals surface area contributed by atoms with Gasteiger partial charge in [-0.25, -0.2) is 0 Å². The van der Waals surface area contributed by atoms with E-state index >= 15 is 0 Å². The van der Waals surface area contributed by atoms with E-state index in [2.05, 4.69) is 32.7 Å². The Bertz CT molecular complexity index is 151. The van der Waals surface area contributed by atoms with Crippen molar-refractivity contribution in [2.24, 2.45) is 0 Å². The molecule has 0 aromatic rings. The number of rotatable bonds is 10. The summed E-state index contributed by atoms with van der Waals surface area (Å²) in [5, 5.41) is 3.63. The van der Waals surface area contributed by atoms with Gasteiger partial charge in [-0.1, -0.05) is 39.3 Å². The lowest BCUT2D eigenvalue weighted by Gasteiger charge is -2.17. The van der Waals surface area contributed by atoms with Gasteiger partial charge in [0.25, 0.3) is 0 Å². The molecule has 0 saturated carbocycles. The van der Waals surface area contributed by atoms with Crippen molar-refractivity contribution in [3.63, 3.8) is 0 Å². The van der Waals surface area contributed by atoms with E-state index in [1.54, 1.807) is 0 Å². The van der Waals surface area contributed by atoms with E-state index in [-0.39, 0.29) is 0 Å². The number of nitrogens with one attached hydrogen (secondary N) is 1. The van der Waals surface area contributed by atoms with Gasteiger partial charge in [0.1, 0.15) is 0 Å². The molecule has 0 heterocycles. The molecule has 0 aromatic carbocycles. The Morgan fingerprint density at radius 2 is 1.87 bits per heavy atom. The third-order valence-corrected chi connectivity index (χ3v) is 2.90. The minimum atomic E-state index is 0.736. The van der Waals surface area contributed by atoms with Crippen LogP contribution in [0.4, 0.5) is 0 Å². The molecule has 1 atom stereocenters. The molecular formula is C14H29N. The molecule has 15 heavy (non-hydrogen) atoms. The topological polar surface area (TPSA) is 12.0 Å². The van der Waals surface area contributed by atoms with Crippen molar-refractivity contribution in [2.75, 3.05) is 6.54 Å². The highest BCUT2D eigenvalue weighted by Crippen LogP contribution is 2.12. The molecule has 0 radical (unpaired) electrons. The lowest BCUT2D eigenvalue weighted by atomic mass is 10.0.